The van der Waals surface area contributed by atoms with E-state index >= 15 is 0 Å². The highest BCUT2D eigenvalue weighted by Gasteiger charge is 2.45. The summed E-state index contributed by atoms with van der Waals surface area (Å²) in [5, 5.41) is 15.8. The Morgan fingerprint density at radius 1 is 0.898 bits per heavy atom. The minimum atomic E-state index is -1.02. The number of aliphatic hydroxyl groups is 1. The topological polar surface area (TPSA) is 195 Å². The van der Waals surface area contributed by atoms with E-state index < -0.39 is 35.9 Å². The first-order valence-corrected chi connectivity index (χ1v) is 20.9. The Morgan fingerprint density at radius 3 is 2.15 bits per heavy atom. The van der Waals surface area contributed by atoms with Crippen molar-refractivity contribution in [2.45, 2.75) is 95.9 Å². The molecule has 0 bridgehead atoms. The van der Waals surface area contributed by atoms with Gasteiger partial charge in [-0.25, -0.2) is 19.6 Å². The molecule has 0 radical (unpaired) electrons. The average Bonchev–Trinajstić information content (AvgIpc) is 4.03. The highest BCUT2D eigenvalue weighted by atomic mass is 32.2. The molecule has 15 nitrogen and oxygen atoms in total. The number of nitrogens with one attached hydrogen (secondary N) is 4. The molecule has 0 aliphatic carbocycles. The second-order valence-corrected chi connectivity index (χ2v) is 17.5. The summed E-state index contributed by atoms with van der Waals surface area (Å²) in [5.41, 5.74) is 3.86. The van der Waals surface area contributed by atoms with Crippen molar-refractivity contribution >= 4 is 46.8 Å². The van der Waals surface area contributed by atoms with Gasteiger partial charge >= 0.3 is 12.2 Å². The lowest BCUT2D eigenvalue weighted by Gasteiger charge is -2.35. The number of hydrogen-bond donors (Lipinski definition) is 5. The van der Waals surface area contributed by atoms with Crippen molar-refractivity contribution in [2.24, 2.45) is 11.8 Å². The average molecular weight is 827 g/mol. The summed E-state index contributed by atoms with van der Waals surface area (Å²) >= 11 is 1.58. The van der Waals surface area contributed by atoms with Crippen LogP contribution in [0.25, 0.3) is 22.3 Å². The summed E-state index contributed by atoms with van der Waals surface area (Å²) in [6.45, 7) is 11.5. The van der Waals surface area contributed by atoms with Crippen molar-refractivity contribution in [1.82, 2.24) is 40.4 Å². The molecule has 2 aromatic heterocycles. The Balaban J connectivity index is 1.16. The van der Waals surface area contributed by atoms with Crippen molar-refractivity contribution in [3.8, 4) is 23.1 Å². The fraction of sp³-hybridized carbons (Fsp3) is 0.488. The van der Waals surface area contributed by atoms with Crippen LogP contribution >= 0.6 is 11.8 Å². The third-order valence-electron chi connectivity index (χ3n) is 10.6. The molecular weight excluding hydrogens is 773 g/mol. The third kappa shape index (κ3) is 10.0. The maximum atomic E-state index is 14.1. The van der Waals surface area contributed by atoms with Crippen molar-refractivity contribution in [3.05, 3.63) is 71.4 Å². The first kappa shape index (κ1) is 43.1. The molecule has 4 amide bonds. The Bertz CT molecular complexity index is 2220. The molecule has 2 fully saturated rings. The predicted octanol–water partition coefficient (Wildman–Crippen LogP) is 5.88. The van der Waals surface area contributed by atoms with E-state index in [-0.39, 0.29) is 35.1 Å². The number of benzene rings is 2. The maximum absolute atomic E-state index is 14.1. The molecule has 4 aromatic rings. The maximum Gasteiger partial charge on any atom is 0.407 e. The van der Waals surface area contributed by atoms with Crippen molar-refractivity contribution in [3.63, 3.8) is 0 Å². The largest absolute Gasteiger partial charge is 0.453 e. The molecule has 2 aromatic carbocycles. The molecule has 0 saturated carbocycles. The van der Waals surface area contributed by atoms with E-state index in [9.17, 15) is 24.3 Å². The lowest BCUT2D eigenvalue weighted by atomic mass is 10.00. The fourth-order valence-electron chi connectivity index (χ4n) is 7.50. The smallest absolute Gasteiger partial charge is 0.407 e. The lowest BCUT2D eigenvalue weighted by Crippen LogP contribution is -2.53. The molecular formula is C43H54N8O7S. The molecule has 2 aliphatic rings. The van der Waals surface area contributed by atoms with Gasteiger partial charge < -0.3 is 45.0 Å². The number of thioether (sulfide) groups is 1. The number of alkyl carbamates (subject to hydrolysis) is 2. The number of nitrogens with zero attached hydrogens (tertiary/aromatic N) is 4. The van der Waals surface area contributed by atoms with Crippen LogP contribution < -0.4 is 10.6 Å². The molecule has 5 atom stereocenters. The summed E-state index contributed by atoms with van der Waals surface area (Å²) in [4.78, 5) is 71.7. The normalized spacial score (nSPS) is 19.1. The SMILES string of the molecule is COC(=O)N[C@H](C(=O)N1CCC[C@H]1c1nc2ccc(C#Cc3ccc(-c4cnc([C@@H]5CSC(CC(C)(C)O)N5C(=O)[C@@H](NC(=O)OC)C(C)C)[nH]4)cc3)cc2[nH]1)C(C)C. The van der Waals surface area contributed by atoms with E-state index in [2.05, 4.69) is 32.4 Å². The number of H-pyrrole nitrogens is 2. The number of carbonyl (C=O) groups excluding carboxylic acids is 4. The number of likely N-dealkylation sites (tertiary alicyclic amines) is 1. The van der Waals surface area contributed by atoms with Gasteiger partial charge in [-0.15, -0.1) is 11.8 Å². The fourth-order valence-corrected chi connectivity index (χ4v) is 9.16. The second-order valence-electron chi connectivity index (χ2n) is 16.3. The second kappa shape index (κ2) is 18.2. The quantitative estimate of drug-likeness (QED) is 0.114. The Morgan fingerprint density at radius 2 is 1.53 bits per heavy atom. The van der Waals surface area contributed by atoms with Gasteiger partial charge in [0.05, 0.1) is 60.2 Å². The molecule has 16 heteroatoms. The molecule has 1 unspecified atom stereocenters. The standard InChI is InChI=1S/C43H54N8O7S/c1-24(2)35(48-41(54)57-7)39(52)50-19-9-10-32(50)38-45-29-18-15-27(20-30(29)46-38)12-11-26-13-16-28(17-14-26)31-22-44-37(47-31)33-23-59-34(21-43(5,6)56)51(33)40(53)36(25(3)4)49-42(55)58-8/h13-18,20,22,24-25,32-36,56H,9-10,19,21,23H2,1-8H3,(H,44,47)(H,45,46)(H,48,54)(H,49,55)/t32-,33-,34?,35-,36-/m0/s1. The summed E-state index contributed by atoms with van der Waals surface area (Å²) in [6, 6.07) is 11.4. The van der Waals surface area contributed by atoms with Gasteiger partial charge in [-0.05, 0) is 74.4 Å². The molecule has 6 rings (SSSR count). The zero-order chi connectivity index (χ0) is 42.6. The van der Waals surface area contributed by atoms with Crippen molar-refractivity contribution in [1.29, 1.82) is 0 Å². The van der Waals surface area contributed by atoms with Crippen LogP contribution in [0.2, 0.25) is 0 Å². The van der Waals surface area contributed by atoms with Crippen LogP contribution in [0.1, 0.15) is 95.7 Å². The third-order valence-corrected chi connectivity index (χ3v) is 11.9. The number of aromatic nitrogens is 4. The molecule has 314 valence electrons. The summed E-state index contributed by atoms with van der Waals surface area (Å²) in [7, 11) is 2.54. The summed E-state index contributed by atoms with van der Waals surface area (Å²) < 4.78 is 9.56. The lowest BCUT2D eigenvalue weighted by molar-refractivity contribution is -0.138. The van der Waals surface area contributed by atoms with Crippen LogP contribution in [-0.2, 0) is 19.1 Å². The highest BCUT2D eigenvalue weighted by molar-refractivity contribution is 8.00. The van der Waals surface area contributed by atoms with Gasteiger partial charge in [0, 0.05) is 29.8 Å². The molecule has 0 spiro atoms. The van der Waals surface area contributed by atoms with E-state index in [4.69, 9.17) is 19.4 Å². The number of methoxy groups -OCH3 is 2. The van der Waals surface area contributed by atoms with Crippen molar-refractivity contribution < 1.29 is 33.8 Å². The minimum Gasteiger partial charge on any atom is -0.453 e. The minimum absolute atomic E-state index is 0.122. The zero-order valence-corrected chi connectivity index (χ0v) is 35.6. The van der Waals surface area contributed by atoms with Crippen molar-refractivity contribution in [2.75, 3.05) is 26.5 Å². The number of fused-ring (bicyclic) bond motifs is 1. The van der Waals surface area contributed by atoms with Gasteiger partial charge in [0.1, 0.15) is 23.7 Å². The predicted molar refractivity (Wildman–Crippen MR) is 225 cm³/mol. The van der Waals surface area contributed by atoms with E-state index in [1.165, 1.54) is 14.2 Å². The number of rotatable bonds is 11. The number of amides is 4. The van der Waals surface area contributed by atoms with Gasteiger partial charge in [-0.3, -0.25) is 9.59 Å². The van der Waals surface area contributed by atoms with Crippen LogP contribution in [0.15, 0.2) is 48.7 Å². The van der Waals surface area contributed by atoms with Gasteiger partial charge in [-0.1, -0.05) is 51.7 Å². The number of imidazole rings is 2. The van der Waals surface area contributed by atoms with Gasteiger partial charge in [0.2, 0.25) is 11.8 Å². The van der Waals surface area contributed by atoms with E-state index in [1.807, 2.05) is 70.2 Å². The van der Waals surface area contributed by atoms with Gasteiger partial charge in [0.25, 0.3) is 0 Å². The Labute approximate surface area is 348 Å². The van der Waals surface area contributed by atoms with Crippen LogP contribution in [0, 0.1) is 23.7 Å². The zero-order valence-electron chi connectivity index (χ0n) is 34.8. The number of aromatic amines is 2. The van der Waals surface area contributed by atoms with Gasteiger partial charge in [0.15, 0.2) is 0 Å². The molecule has 2 saturated heterocycles. The van der Waals surface area contributed by atoms with Crippen LogP contribution in [0.3, 0.4) is 0 Å². The van der Waals surface area contributed by atoms with Gasteiger partial charge in [-0.2, -0.15) is 0 Å². The molecule has 59 heavy (non-hydrogen) atoms. The number of ether oxygens (including phenoxy) is 2. The Hall–Kier alpha value is -5.53. The summed E-state index contributed by atoms with van der Waals surface area (Å²) in [6.07, 6.45) is 2.35. The first-order chi connectivity index (χ1) is 28.1. The first-order valence-electron chi connectivity index (χ1n) is 19.9. The monoisotopic (exact) mass is 826 g/mol. The van der Waals surface area contributed by atoms with E-state index in [0.717, 1.165) is 46.3 Å². The molecule has 2 aliphatic heterocycles. The van der Waals surface area contributed by atoms with E-state index in [0.29, 0.717) is 30.4 Å². The molecule has 4 heterocycles. The van der Waals surface area contributed by atoms with Crippen LogP contribution in [0.4, 0.5) is 9.59 Å². The van der Waals surface area contributed by atoms with E-state index in [1.54, 1.807) is 41.6 Å². The van der Waals surface area contributed by atoms with Crippen LogP contribution in [0.5, 0.6) is 0 Å². The number of carbonyl (C=O) groups is 4. The Kier molecular flexibility index (Phi) is 13.3. The summed E-state index contributed by atoms with van der Waals surface area (Å²) in [5.74, 6) is 7.62. The van der Waals surface area contributed by atoms with Crippen LogP contribution in [-0.4, -0.2) is 108 Å². The number of hydrogen-bond acceptors (Lipinski definition) is 10. The highest BCUT2D eigenvalue weighted by Crippen LogP contribution is 2.42. The molecule has 5 N–H and O–H groups in total.